The van der Waals surface area contributed by atoms with Gasteiger partial charge in [-0.05, 0) is 12.1 Å². The minimum Gasteiger partial charge on any atom is -0.396 e. The first kappa shape index (κ1) is 9.79. The van der Waals surface area contributed by atoms with Gasteiger partial charge in [0.25, 0.3) is 0 Å². The van der Waals surface area contributed by atoms with Gasteiger partial charge in [-0.2, -0.15) is 0 Å². The van der Waals surface area contributed by atoms with E-state index in [0.29, 0.717) is 0 Å². The molecule has 72 valence electrons. The fourth-order valence-electron chi connectivity index (χ4n) is 0.828. The maximum Gasteiger partial charge on any atom is 0.229 e. The van der Waals surface area contributed by atoms with E-state index < -0.39 is 15.8 Å². The topological polar surface area (TPSA) is 72.2 Å². The number of sulfonamides is 1. The van der Waals surface area contributed by atoms with Gasteiger partial charge in [-0.3, -0.25) is 4.72 Å². The van der Waals surface area contributed by atoms with Gasteiger partial charge in [0.1, 0.15) is 0 Å². The van der Waals surface area contributed by atoms with Crippen molar-refractivity contribution in [2.75, 3.05) is 16.7 Å². The Hall–Kier alpha value is -1.30. The van der Waals surface area contributed by atoms with Crippen molar-refractivity contribution in [3.63, 3.8) is 0 Å². The molecule has 0 heterocycles. The van der Waals surface area contributed by atoms with Crippen molar-refractivity contribution in [2.45, 2.75) is 0 Å². The summed E-state index contributed by atoms with van der Waals surface area (Å²) in [6.45, 7) is 0. The summed E-state index contributed by atoms with van der Waals surface area (Å²) in [7, 11) is -3.46. The maximum absolute atomic E-state index is 13.1. The fourth-order valence-corrected chi connectivity index (χ4v) is 1.39. The van der Waals surface area contributed by atoms with Gasteiger partial charge in [0, 0.05) is 0 Å². The molecule has 0 amide bonds. The molecule has 0 saturated carbocycles. The molecular weight excluding hydrogens is 195 g/mol. The Morgan fingerprint density at radius 3 is 2.62 bits per heavy atom. The van der Waals surface area contributed by atoms with E-state index >= 15 is 0 Å². The number of nitrogens with two attached hydrogens (primary N) is 1. The zero-order chi connectivity index (χ0) is 10.1. The molecule has 1 aromatic carbocycles. The number of hydrogen-bond donors (Lipinski definition) is 2. The normalized spacial score (nSPS) is 11.2. The Kier molecular flexibility index (Phi) is 2.42. The highest BCUT2D eigenvalue weighted by molar-refractivity contribution is 7.92. The Labute approximate surface area is 75.6 Å². The lowest BCUT2D eigenvalue weighted by atomic mass is 10.3. The average molecular weight is 204 g/mol. The first-order valence-electron chi connectivity index (χ1n) is 3.42. The molecule has 13 heavy (non-hydrogen) atoms. The number of halogens is 1. The number of benzene rings is 1. The van der Waals surface area contributed by atoms with E-state index in [-0.39, 0.29) is 11.4 Å². The van der Waals surface area contributed by atoms with Gasteiger partial charge in [0.15, 0.2) is 5.82 Å². The summed E-state index contributed by atoms with van der Waals surface area (Å²) in [5, 5.41) is 0. The van der Waals surface area contributed by atoms with Crippen LogP contribution in [0.3, 0.4) is 0 Å². The third kappa shape index (κ3) is 2.59. The zero-order valence-corrected chi connectivity index (χ0v) is 7.73. The molecule has 0 saturated heterocycles. The van der Waals surface area contributed by atoms with Gasteiger partial charge in [-0.25, -0.2) is 12.8 Å². The molecule has 6 heteroatoms. The number of nitrogen functional groups attached to an aromatic ring is 1. The molecule has 1 rings (SSSR count). The van der Waals surface area contributed by atoms with Crippen LogP contribution in [0.1, 0.15) is 0 Å². The Morgan fingerprint density at radius 2 is 2.08 bits per heavy atom. The fraction of sp³-hybridized carbons (Fsp3) is 0.143. The van der Waals surface area contributed by atoms with Crippen molar-refractivity contribution in [2.24, 2.45) is 0 Å². The van der Waals surface area contributed by atoms with Gasteiger partial charge >= 0.3 is 0 Å². The van der Waals surface area contributed by atoms with Crippen LogP contribution < -0.4 is 10.5 Å². The van der Waals surface area contributed by atoms with E-state index in [4.69, 9.17) is 5.73 Å². The van der Waals surface area contributed by atoms with Crippen LogP contribution in [-0.2, 0) is 10.0 Å². The van der Waals surface area contributed by atoms with Crippen molar-refractivity contribution in [3.8, 4) is 0 Å². The second-order valence-corrected chi connectivity index (χ2v) is 4.33. The quantitative estimate of drug-likeness (QED) is 0.699. The molecular formula is C7H9FN2O2S. The lowest BCUT2D eigenvalue weighted by Gasteiger charge is -2.05. The molecule has 0 fully saturated rings. The SMILES string of the molecule is CS(=O)(=O)Nc1cccc(N)c1F. The van der Waals surface area contributed by atoms with Gasteiger partial charge in [0.05, 0.1) is 17.6 Å². The van der Waals surface area contributed by atoms with E-state index in [1.807, 2.05) is 4.72 Å². The standard InChI is InChI=1S/C7H9FN2O2S/c1-13(11,12)10-6-4-2-3-5(9)7(6)8/h2-4,10H,9H2,1H3. The smallest absolute Gasteiger partial charge is 0.229 e. The molecule has 0 spiro atoms. The highest BCUT2D eigenvalue weighted by atomic mass is 32.2. The molecule has 0 bridgehead atoms. The maximum atomic E-state index is 13.1. The van der Waals surface area contributed by atoms with E-state index in [2.05, 4.69) is 0 Å². The Morgan fingerprint density at radius 1 is 1.46 bits per heavy atom. The van der Waals surface area contributed by atoms with Gasteiger partial charge in [-0.1, -0.05) is 6.07 Å². The molecule has 0 atom stereocenters. The summed E-state index contributed by atoms with van der Waals surface area (Å²) in [5.41, 5.74) is 5.00. The highest BCUT2D eigenvalue weighted by Crippen LogP contribution is 2.19. The first-order valence-corrected chi connectivity index (χ1v) is 5.31. The van der Waals surface area contributed by atoms with Gasteiger partial charge in [-0.15, -0.1) is 0 Å². The number of nitrogens with one attached hydrogen (secondary N) is 1. The third-order valence-electron chi connectivity index (χ3n) is 1.32. The molecule has 0 unspecified atom stereocenters. The van der Waals surface area contributed by atoms with E-state index in [0.717, 1.165) is 6.26 Å². The summed E-state index contributed by atoms with van der Waals surface area (Å²) in [4.78, 5) is 0. The lowest BCUT2D eigenvalue weighted by molar-refractivity contribution is 0.604. The molecule has 0 aliphatic rings. The van der Waals surface area contributed by atoms with E-state index in [9.17, 15) is 12.8 Å². The summed E-state index contributed by atoms with van der Waals surface area (Å²) < 4.78 is 36.6. The molecule has 4 nitrogen and oxygen atoms in total. The number of anilines is 2. The van der Waals surface area contributed by atoms with Crippen LogP contribution in [0.2, 0.25) is 0 Å². The van der Waals surface area contributed by atoms with E-state index in [1.165, 1.54) is 18.2 Å². The Bertz CT molecular complexity index is 417. The molecule has 0 radical (unpaired) electrons. The van der Waals surface area contributed by atoms with Crippen molar-refractivity contribution in [1.82, 2.24) is 0 Å². The predicted molar refractivity (Wildman–Crippen MR) is 49.3 cm³/mol. The zero-order valence-electron chi connectivity index (χ0n) is 6.91. The average Bonchev–Trinajstić information content (AvgIpc) is 1.96. The predicted octanol–water partition coefficient (Wildman–Crippen LogP) is 0.779. The molecule has 0 aliphatic heterocycles. The van der Waals surface area contributed by atoms with Crippen molar-refractivity contribution in [3.05, 3.63) is 24.0 Å². The minimum absolute atomic E-state index is 0.0892. The third-order valence-corrected chi connectivity index (χ3v) is 1.91. The molecule has 0 aromatic heterocycles. The van der Waals surface area contributed by atoms with Crippen LogP contribution in [0.25, 0.3) is 0 Å². The summed E-state index contributed by atoms with van der Waals surface area (Å²) >= 11 is 0. The monoisotopic (exact) mass is 204 g/mol. The van der Waals surface area contributed by atoms with Gasteiger partial charge in [0.2, 0.25) is 10.0 Å². The summed E-state index contributed by atoms with van der Waals surface area (Å²) in [6.07, 6.45) is 0.940. The van der Waals surface area contributed by atoms with Crippen LogP contribution in [0.4, 0.5) is 15.8 Å². The summed E-state index contributed by atoms with van der Waals surface area (Å²) in [6, 6.07) is 4.11. The van der Waals surface area contributed by atoms with Crippen LogP contribution in [0.5, 0.6) is 0 Å². The van der Waals surface area contributed by atoms with Gasteiger partial charge < -0.3 is 5.73 Å². The van der Waals surface area contributed by atoms with Crippen molar-refractivity contribution >= 4 is 21.4 Å². The second-order valence-electron chi connectivity index (χ2n) is 2.58. The molecule has 3 N–H and O–H groups in total. The lowest BCUT2D eigenvalue weighted by Crippen LogP contribution is -2.11. The van der Waals surface area contributed by atoms with Crippen LogP contribution in [-0.4, -0.2) is 14.7 Å². The number of hydrogen-bond acceptors (Lipinski definition) is 3. The van der Waals surface area contributed by atoms with Crippen LogP contribution >= 0.6 is 0 Å². The van der Waals surface area contributed by atoms with E-state index in [1.54, 1.807) is 0 Å². The molecule has 1 aromatic rings. The Balaban J connectivity index is 3.10. The second kappa shape index (κ2) is 3.21. The minimum atomic E-state index is -3.46. The highest BCUT2D eigenvalue weighted by Gasteiger charge is 2.08. The van der Waals surface area contributed by atoms with Crippen molar-refractivity contribution in [1.29, 1.82) is 0 Å². The van der Waals surface area contributed by atoms with Crippen molar-refractivity contribution < 1.29 is 12.8 Å². The van der Waals surface area contributed by atoms with Crippen LogP contribution in [0, 0.1) is 5.82 Å². The largest absolute Gasteiger partial charge is 0.396 e. The first-order chi connectivity index (χ1) is 5.90. The van der Waals surface area contributed by atoms with Crippen LogP contribution in [0.15, 0.2) is 18.2 Å². The molecule has 0 aliphatic carbocycles. The summed E-state index contributed by atoms with van der Waals surface area (Å²) in [5.74, 6) is -0.757. The number of rotatable bonds is 2.